The third kappa shape index (κ3) is 2.15. The summed E-state index contributed by atoms with van der Waals surface area (Å²) in [6.07, 6.45) is 1.55. The first-order valence-corrected chi connectivity index (χ1v) is 4.22. The first-order chi connectivity index (χ1) is 5.24. The van der Waals surface area contributed by atoms with Crippen molar-refractivity contribution in [1.29, 1.82) is 0 Å². The molecule has 0 aliphatic heterocycles. The van der Waals surface area contributed by atoms with E-state index in [1.165, 1.54) is 0 Å². The molecule has 1 heterocycles. The van der Waals surface area contributed by atoms with Crippen molar-refractivity contribution in [2.75, 3.05) is 18.5 Å². The maximum absolute atomic E-state index is 4.10. The molecular formula is C7H10BrN3. The first kappa shape index (κ1) is 8.46. The SMILES string of the molecule is CCN(C)c1cc(Br)ncn1. The molecule has 0 aliphatic carbocycles. The van der Waals surface area contributed by atoms with E-state index in [9.17, 15) is 0 Å². The topological polar surface area (TPSA) is 29.0 Å². The molecule has 0 amide bonds. The van der Waals surface area contributed by atoms with Crippen LogP contribution < -0.4 is 4.90 Å². The lowest BCUT2D eigenvalue weighted by Gasteiger charge is -2.14. The molecule has 0 atom stereocenters. The molecule has 0 bridgehead atoms. The van der Waals surface area contributed by atoms with Gasteiger partial charge in [-0.25, -0.2) is 9.97 Å². The standard InChI is InChI=1S/C7H10BrN3/c1-3-11(2)7-4-6(8)9-5-10-7/h4-5H,3H2,1-2H3. The van der Waals surface area contributed by atoms with Crippen LogP contribution >= 0.6 is 15.9 Å². The molecule has 60 valence electrons. The van der Waals surface area contributed by atoms with E-state index in [0.29, 0.717) is 0 Å². The van der Waals surface area contributed by atoms with Crippen LogP contribution in [0.15, 0.2) is 17.0 Å². The fourth-order valence-corrected chi connectivity index (χ4v) is 0.991. The highest BCUT2D eigenvalue weighted by Crippen LogP contribution is 2.12. The minimum Gasteiger partial charge on any atom is -0.360 e. The van der Waals surface area contributed by atoms with Crippen LogP contribution in [0.4, 0.5) is 5.82 Å². The fourth-order valence-electron chi connectivity index (χ4n) is 0.695. The molecule has 1 aromatic rings. The van der Waals surface area contributed by atoms with Gasteiger partial charge >= 0.3 is 0 Å². The third-order valence-electron chi connectivity index (χ3n) is 1.48. The van der Waals surface area contributed by atoms with Gasteiger partial charge in [0.2, 0.25) is 0 Å². The minimum atomic E-state index is 0.822. The molecule has 0 N–H and O–H groups in total. The Balaban J connectivity index is 2.86. The van der Waals surface area contributed by atoms with Crippen LogP contribution in [-0.4, -0.2) is 23.6 Å². The first-order valence-electron chi connectivity index (χ1n) is 3.42. The normalized spacial score (nSPS) is 9.73. The number of anilines is 1. The molecule has 0 radical (unpaired) electrons. The summed E-state index contributed by atoms with van der Waals surface area (Å²) < 4.78 is 0.822. The van der Waals surface area contributed by atoms with Crippen LogP contribution in [0.3, 0.4) is 0 Å². The quantitative estimate of drug-likeness (QED) is 0.704. The minimum absolute atomic E-state index is 0.822. The molecule has 0 saturated heterocycles. The van der Waals surface area contributed by atoms with E-state index >= 15 is 0 Å². The van der Waals surface area contributed by atoms with Gasteiger partial charge in [0.1, 0.15) is 16.7 Å². The molecule has 0 aromatic carbocycles. The number of hydrogen-bond acceptors (Lipinski definition) is 3. The van der Waals surface area contributed by atoms with E-state index in [-0.39, 0.29) is 0 Å². The van der Waals surface area contributed by atoms with Gasteiger partial charge in [0.05, 0.1) is 0 Å². The lowest BCUT2D eigenvalue weighted by atomic mass is 10.5. The Hall–Kier alpha value is -0.640. The van der Waals surface area contributed by atoms with Crippen molar-refractivity contribution in [3.8, 4) is 0 Å². The Bertz CT molecular complexity index is 239. The van der Waals surface area contributed by atoms with E-state index in [1.807, 2.05) is 18.0 Å². The third-order valence-corrected chi connectivity index (χ3v) is 1.92. The molecule has 0 saturated carbocycles. The fraction of sp³-hybridized carbons (Fsp3) is 0.429. The van der Waals surface area contributed by atoms with Gasteiger partial charge in [-0.3, -0.25) is 0 Å². The Morgan fingerprint density at radius 2 is 2.27 bits per heavy atom. The molecule has 11 heavy (non-hydrogen) atoms. The van der Waals surface area contributed by atoms with Crippen molar-refractivity contribution >= 4 is 21.7 Å². The average molecular weight is 216 g/mol. The zero-order valence-electron chi connectivity index (χ0n) is 6.58. The molecule has 0 spiro atoms. The van der Waals surface area contributed by atoms with Crippen LogP contribution in [0.1, 0.15) is 6.92 Å². The van der Waals surface area contributed by atoms with E-state index in [0.717, 1.165) is 17.0 Å². The maximum atomic E-state index is 4.10. The highest BCUT2D eigenvalue weighted by atomic mass is 79.9. The summed E-state index contributed by atoms with van der Waals surface area (Å²) in [5, 5.41) is 0. The zero-order chi connectivity index (χ0) is 8.27. The predicted molar refractivity (Wildman–Crippen MR) is 48.7 cm³/mol. The van der Waals surface area contributed by atoms with Crippen LogP contribution in [0.25, 0.3) is 0 Å². The summed E-state index contributed by atoms with van der Waals surface area (Å²) in [4.78, 5) is 10.1. The molecule has 0 aliphatic rings. The number of nitrogens with zero attached hydrogens (tertiary/aromatic N) is 3. The van der Waals surface area contributed by atoms with Gasteiger partial charge < -0.3 is 4.90 Å². The summed E-state index contributed by atoms with van der Waals surface area (Å²) in [5.41, 5.74) is 0. The predicted octanol–water partition coefficient (Wildman–Crippen LogP) is 1.70. The monoisotopic (exact) mass is 215 g/mol. The van der Waals surface area contributed by atoms with Gasteiger partial charge in [-0.05, 0) is 22.9 Å². The van der Waals surface area contributed by atoms with Crippen LogP contribution in [-0.2, 0) is 0 Å². The summed E-state index contributed by atoms with van der Waals surface area (Å²) in [7, 11) is 1.99. The Labute approximate surface area is 74.6 Å². The average Bonchev–Trinajstić information content (AvgIpc) is 2.03. The largest absolute Gasteiger partial charge is 0.360 e. The van der Waals surface area contributed by atoms with Gasteiger partial charge in [0, 0.05) is 19.7 Å². The van der Waals surface area contributed by atoms with E-state index in [2.05, 4.69) is 32.8 Å². The van der Waals surface area contributed by atoms with Crippen molar-refractivity contribution in [1.82, 2.24) is 9.97 Å². The molecule has 1 aromatic heterocycles. The van der Waals surface area contributed by atoms with Gasteiger partial charge in [0.15, 0.2) is 0 Å². The Morgan fingerprint density at radius 3 is 2.82 bits per heavy atom. The van der Waals surface area contributed by atoms with Crippen LogP contribution in [0.5, 0.6) is 0 Å². The maximum Gasteiger partial charge on any atom is 0.132 e. The summed E-state index contributed by atoms with van der Waals surface area (Å²) in [6.45, 7) is 3.03. The lowest BCUT2D eigenvalue weighted by molar-refractivity contribution is 0.925. The van der Waals surface area contributed by atoms with Crippen LogP contribution in [0, 0.1) is 0 Å². The Kier molecular flexibility index (Phi) is 2.82. The van der Waals surface area contributed by atoms with Gasteiger partial charge in [-0.15, -0.1) is 0 Å². The van der Waals surface area contributed by atoms with Gasteiger partial charge in [0.25, 0.3) is 0 Å². The number of halogens is 1. The van der Waals surface area contributed by atoms with Crippen molar-refractivity contribution in [3.63, 3.8) is 0 Å². The second-order valence-corrected chi connectivity index (χ2v) is 3.03. The van der Waals surface area contributed by atoms with Crippen molar-refractivity contribution in [2.24, 2.45) is 0 Å². The van der Waals surface area contributed by atoms with E-state index in [1.54, 1.807) is 6.33 Å². The second-order valence-electron chi connectivity index (χ2n) is 2.21. The summed E-state index contributed by atoms with van der Waals surface area (Å²) in [6, 6.07) is 1.89. The lowest BCUT2D eigenvalue weighted by Crippen LogP contribution is -2.17. The number of hydrogen-bond donors (Lipinski definition) is 0. The van der Waals surface area contributed by atoms with Gasteiger partial charge in [-0.1, -0.05) is 0 Å². The number of rotatable bonds is 2. The smallest absolute Gasteiger partial charge is 0.132 e. The van der Waals surface area contributed by atoms with Gasteiger partial charge in [-0.2, -0.15) is 0 Å². The molecule has 4 heteroatoms. The molecule has 3 nitrogen and oxygen atoms in total. The highest BCUT2D eigenvalue weighted by molar-refractivity contribution is 9.10. The van der Waals surface area contributed by atoms with Crippen molar-refractivity contribution in [3.05, 3.63) is 17.0 Å². The zero-order valence-corrected chi connectivity index (χ0v) is 8.17. The van der Waals surface area contributed by atoms with Crippen molar-refractivity contribution < 1.29 is 0 Å². The van der Waals surface area contributed by atoms with Crippen LogP contribution in [0.2, 0.25) is 0 Å². The summed E-state index contributed by atoms with van der Waals surface area (Å²) in [5.74, 6) is 0.939. The molecule has 0 fully saturated rings. The summed E-state index contributed by atoms with van der Waals surface area (Å²) >= 11 is 3.28. The molecular weight excluding hydrogens is 206 g/mol. The van der Waals surface area contributed by atoms with E-state index in [4.69, 9.17) is 0 Å². The van der Waals surface area contributed by atoms with Crippen molar-refractivity contribution in [2.45, 2.75) is 6.92 Å². The highest BCUT2D eigenvalue weighted by Gasteiger charge is 1.98. The molecule has 0 unspecified atom stereocenters. The Morgan fingerprint density at radius 1 is 1.55 bits per heavy atom. The second kappa shape index (κ2) is 3.67. The number of aromatic nitrogens is 2. The van der Waals surface area contributed by atoms with E-state index < -0.39 is 0 Å². The molecule has 1 rings (SSSR count).